The number of nitrogens with zero attached hydrogens (tertiary/aromatic N) is 2. The first-order valence-corrected chi connectivity index (χ1v) is 19.5. The highest BCUT2D eigenvalue weighted by Crippen LogP contribution is 2.58. The lowest BCUT2D eigenvalue weighted by Gasteiger charge is -2.46. The van der Waals surface area contributed by atoms with Crippen LogP contribution in [0.2, 0.25) is 0 Å². The number of para-hydroxylation sites is 1. The molecule has 2 N–H and O–H groups in total. The molecule has 6 aromatic rings. The van der Waals surface area contributed by atoms with Gasteiger partial charge in [-0.15, -0.1) is 0 Å². The molecule has 2 heterocycles. The summed E-state index contributed by atoms with van der Waals surface area (Å²) >= 11 is 6.40. The summed E-state index contributed by atoms with van der Waals surface area (Å²) in [5, 5.41) is 18.9. The number of hydrogen-bond acceptors (Lipinski definition) is 7. The van der Waals surface area contributed by atoms with Crippen molar-refractivity contribution in [2.75, 3.05) is 12.0 Å². The van der Waals surface area contributed by atoms with Gasteiger partial charge in [-0.3, -0.25) is 14.5 Å². The summed E-state index contributed by atoms with van der Waals surface area (Å²) in [7, 11) is 1.67. The molecule has 10 heteroatoms. The van der Waals surface area contributed by atoms with Crippen LogP contribution in [0.15, 0.2) is 157 Å². The van der Waals surface area contributed by atoms with E-state index in [1.54, 1.807) is 13.2 Å². The van der Waals surface area contributed by atoms with Gasteiger partial charge in [0.1, 0.15) is 16.1 Å². The van der Waals surface area contributed by atoms with Gasteiger partial charge in [0, 0.05) is 12.1 Å². The molecule has 0 aliphatic carbocycles. The van der Waals surface area contributed by atoms with Crippen molar-refractivity contribution in [1.29, 1.82) is 0 Å². The quantitative estimate of drug-likeness (QED) is 0.0979. The summed E-state index contributed by atoms with van der Waals surface area (Å²) in [4.78, 5) is 40.2. The maximum atomic E-state index is 13.4. The molecule has 0 spiro atoms. The summed E-state index contributed by atoms with van der Waals surface area (Å²) in [5.74, 6) is -2.23. The standard InChI is InChI=1S/C47H36N2O6S2/c1-55-36-23-21-35(22-24-36)48-39-15-9-8-14-37(39)47(33-10-4-2-5-11-33,34-12-6-3-7-13-34)38-29-32(20-25-40(38)48)31-18-16-30(17-19-31)28-42-44(52)49(46(56)57-42)41(45(53)54)26-27-43(50)51/h2-25,28-29,41H,26-27H2,1H3,(H,50,51)(H,53,54)/b42-28-. The van der Waals surface area contributed by atoms with Crippen LogP contribution in [0.25, 0.3) is 17.2 Å². The highest BCUT2D eigenvalue weighted by atomic mass is 32.2. The first-order chi connectivity index (χ1) is 27.7. The number of carbonyl (C=O) groups is 3. The maximum Gasteiger partial charge on any atom is 0.326 e. The van der Waals surface area contributed by atoms with E-state index in [2.05, 4.69) is 108 Å². The van der Waals surface area contributed by atoms with Crippen molar-refractivity contribution in [2.24, 2.45) is 0 Å². The molecule has 6 aromatic carbocycles. The molecule has 2 aliphatic rings. The fourth-order valence-corrected chi connectivity index (χ4v) is 9.30. The average molecular weight is 789 g/mol. The minimum absolute atomic E-state index is 0.0836. The van der Waals surface area contributed by atoms with Gasteiger partial charge in [-0.1, -0.05) is 133 Å². The number of rotatable bonds is 11. The van der Waals surface area contributed by atoms with Crippen LogP contribution in [-0.4, -0.2) is 50.4 Å². The van der Waals surface area contributed by atoms with Crippen molar-refractivity contribution in [3.05, 3.63) is 184 Å². The van der Waals surface area contributed by atoms with Crippen LogP contribution in [0.3, 0.4) is 0 Å². The number of carboxylic acids is 2. The van der Waals surface area contributed by atoms with Gasteiger partial charge in [-0.25, -0.2) is 4.79 Å². The van der Waals surface area contributed by atoms with Crippen LogP contribution in [0.4, 0.5) is 17.1 Å². The van der Waals surface area contributed by atoms with Crippen molar-refractivity contribution in [2.45, 2.75) is 24.3 Å². The predicted molar refractivity (Wildman–Crippen MR) is 228 cm³/mol. The highest BCUT2D eigenvalue weighted by molar-refractivity contribution is 8.26. The minimum Gasteiger partial charge on any atom is -0.497 e. The summed E-state index contributed by atoms with van der Waals surface area (Å²) in [6.07, 6.45) is 1.03. The fourth-order valence-electron chi connectivity index (χ4n) is 7.94. The second-order valence-corrected chi connectivity index (χ2v) is 15.4. The van der Waals surface area contributed by atoms with Crippen LogP contribution >= 0.6 is 24.0 Å². The molecule has 1 atom stereocenters. The van der Waals surface area contributed by atoms with E-state index in [0.29, 0.717) is 0 Å². The maximum absolute atomic E-state index is 13.4. The third kappa shape index (κ3) is 6.77. The van der Waals surface area contributed by atoms with E-state index in [1.807, 2.05) is 48.5 Å². The number of fused-ring (bicyclic) bond motifs is 2. The van der Waals surface area contributed by atoms with Crippen LogP contribution < -0.4 is 9.64 Å². The molecule has 0 saturated carbocycles. The van der Waals surface area contributed by atoms with Crippen LogP contribution in [0.1, 0.15) is 40.7 Å². The van der Waals surface area contributed by atoms with Crippen molar-refractivity contribution in [3.63, 3.8) is 0 Å². The zero-order valence-corrected chi connectivity index (χ0v) is 32.4. The van der Waals surface area contributed by atoms with E-state index in [4.69, 9.17) is 22.1 Å². The monoisotopic (exact) mass is 788 g/mol. The van der Waals surface area contributed by atoms with Gasteiger partial charge in [0.05, 0.1) is 28.8 Å². The van der Waals surface area contributed by atoms with Crippen LogP contribution in [0.5, 0.6) is 5.75 Å². The fraction of sp³-hybridized carbons (Fsp3) is 0.106. The largest absolute Gasteiger partial charge is 0.497 e. The van der Waals surface area contributed by atoms with Crippen LogP contribution in [0, 0.1) is 0 Å². The second-order valence-electron chi connectivity index (χ2n) is 13.7. The van der Waals surface area contributed by atoms with E-state index in [1.165, 1.54) is 0 Å². The lowest BCUT2D eigenvalue weighted by atomic mass is 9.62. The van der Waals surface area contributed by atoms with Gasteiger partial charge in [0.15, 0.2) is 0 Å². The predicted octanol–water partition coefficient (Wildman–Crippen LogP) is 10.0. The molecule has 1 saturated heterocycles. The van der Waals surface area contributed by atoms with E-state index >= 15 is 0 Å². The Morgan fingerprint density at radius 1 is 0.754 bits per heavy atom. The SMILES string of the molecule is COc1ccc(N2c3ccccc3C(c3ccccc3)(c3ccccc3)c3cc(-c4ccc(/C=C5\SC(=S)N(C(CCC(=O)O)C(=O)O)C5=O)cc4)ccc32)cc1. The van der Waals surface area contributed by atoms with Gasteiger partial charge < -0.3 is 19.8 Å². The molecule has 1 fully saturated rings. The van der Waals surface area contributed by atoms with E-state index in [9.17, 15) is 19.5 Å². The lowest BCUT2D eigenvalue weighted by Crippen LogP contribution is -2.44. The number of carboxylic acid groups (broad SMARTS) is 2. The number of carbonyl (C=O) groups excluding carboxylic acids is 1. The summed E-state index contributed by atoms with van der Waals surface area (Å²) < 4.78 is 5.60. The van der Waals surface area contributed by atoms with Crippen LogP contribution in [-0.2, 0) is 19.8 Å². The number of ether oxygens (including phenoxy) is 1. The van der Waals surface area contributed by atoms with E-state index in [0.717, 1.165) is 78.4 Å². The number of thioether (sulfide) groups is 1. The van der Waals surface area contributed by atoms with Crippen molar-refractivity contribution < 1.29 is 29.3 Å². The van der Waals surface area contributed by atoms with Gasteiger partial charge in [-0.2, -0.15) is 0 Å². The Kier molecular flexibility index (Phi) is 10.2. The molecule has 0 radical (unpaired) electrons. The Bertz CT molecular complexity index is 2500. The van der Waals surface area contributed by atoms with Gasteiger partial charge in [0.2, 0.25) is 0 Å². The van der Waals surface area contributed by atoms with E-state index < -0.39 is 35.7 Å². The number of amides is 1. The molecule has 8 nitrogen and oxygen atoms in total. The number of benzene rings is 6. The van der Waals surface area contributed by atoms with Crippen molar-refractivity contribution in [1.82, 2.24) is 4.90 Å². The Labute approximate surface area is 339 Å². The first-order valence-electron chi connectivity index (χ1n) is 18.3. The molecule has 1 amide bonds. The van der Waals surface area contributed by atoms with Gasteiger partial charge in [-0.05, 0) is 93.9 Å². The lowest BCUT2D eigenvalue weighted by molar-refractivity contribution is -0.146. The normalized spacial score (nSPS) is 15.6. The molecule has 282 valence electrons. The summed E-state index contributed by atoms with van der Waals surface area (Å²) in [6, 6.07) is 51.0. The summed E-state index contributed by atoms with van der Waals surface area (Å²) in [6.45, 7) is 0. The zero-order chi connectivity index (χ0) is 39.7. The van der Waals surface area contributed by atoms with Gasteiger partial charge >= 0.3 is 11.9 Å². The number of thiocarbonyl (C=S) groups is 1. The molecule has 2 aliphatic heterocycles. The topological polar surface area (TPSA) is 107 Å². The Hall–Kier alpha value is -6.49. The minimum atomic E-state index is -1.36. The molecule has 0 aromatic heterocycles. The Balaban J connectivity index is 1.24. The second kappa shape index (κ2) is 15.6. The van der Waals surface area contributed by atoms with Gasteiger partial charge in [0.25, 0.3) is 5.91 Å². The Morgan fingerprint density at radius 3 is 1.96 bits per heavy atom. The molecular weight excluding hydrogens is 753 g/mol. The molecule has 1 unspecified atom stereocenters. The van der Waals surface area contributed by atoms with Crippen molar-refractivity contribution in [3.8, 4) is 16.9 Å². The number of hydrogen-bond donors (Lipinski definition) is 2. The highest BCUT2D eigenvalue weighted by Gasteiger charge is 2.46. The number of methoxy groups -OCH3 is 1. The van der Waals surface area contributed by atoms with Crippen molar-refractivity contribution >= 4 is 69.3 Å². The number of aliphatic carboxylic acids is 2. The molecule has 0 bridgehead atoms. The molecular formula is C47H36N2O6S2. The Morgan fingerprint density at radius 2 is 1.35 bits per heavy atom. The van der Waals surface area contributed by atoms with E-state index in [-0.39, 0.29) is 15.6 Å². The summed E-state index contributed by atoms with van der Waals surface area (Å²) in [5.41, 5.74) is 9.65. The third-order valence-corrected chi connectivity index (χ3v) is 11.9. The zero-order valence-electron chi connectivity index (χ0n) is 30.7. The molecule has 8 rings (SSSR count). The molecule has 57 heavy (non-hydrogen) atoms. The smallest absolute Gasteiger partial charge is 0.326 e. The average Bonchev–Trinajstić information content (AvgIpc) is 3.51. The number of anilines is 3. The first kappa shape index (κ1) is 37.4. The third-order valence-electron chi connectivity index (χ3n) is 10.5.